The second kappa shape index (κ2) is 5.65. The molecule has 0 bridgehead atoms. The highest BCUT2D eigenvalue weighted by molar-refractivity contribution is 5.33. The van der Waals surface area contributed by atoms with Crippen molar-refractivity contribution in [3.05, 3.63) is 34.9 Å². The lowest BCUT2D eigenvalue weighted by molar-refractivity contribution is -0.00881. The number of aliphatic hydroxyl groups is 1. The maximum atomic E-state index is 10.8. The molecule has 2 N–H and O–H groups in total. The summed E-state index contributed by atoms with van der Waals surface area (Å²) in [6, 6.07) is 6.23. The lowest BCUT2D eigenvalue weighted by Crippen LogP contribution is -2.42. The Morgan fingerprint density at radius 1 is 1.24 bits per heavy atom. The van der Waals surface area contributed by atoms with E-state index < -0.39 is 5.60 Å². The summed E-state index contributed by atoms with van der Waals surface area (Å²) in [7, 11) is 0. The molecule has 0 saturated carbocycles. The van der Waals surface area contributed by atoms with E-state index in [1.54, 1.807) is 0 Å². The van der Waals surface area contributed by atoms with Crippen LogP contribution in [0.2, 0.25) is 0 Å². The number of benzene rings is 1. The van der Waals surface area contributed by atoms with Crippen molar-refractivity contribution in [1.29, 1.82) is 0 Å². The van der Waals surface area contributed by atoms with Gasteiger partial charge in [0.25, 0.3) is 0 Å². The lowest BCUT2D eigenvalue weighted by atomic mass is 9.82. The Kier molecular flexibility index (Phi) is 4.72. The third-order valence-corrected chi connectivity index (χ3v) is 3.61. The Balaban J connectivity index is 3.08. The normalized spacial score (nSPS) is 15.0. The maximum Gasteiger partial charge on any atom is 0.104 e. The molecule has 0 radical (unpaired) electrons. The largest absolute Gasteiger partial charge is 0.384 e. The fraction of sp³-hybridized carbons (Fsp3) is 0.600. The zero-order valence-electron chi connectivity index (χ0n) is 11.7. The number of aryl methyl sites for hydroxylation is 2. The van der Waals surface area contributed by atoms with E-state index >= 15 is 0 Å². The minimum absolute atomic E-state index is 0.184. The summed E-state index contributed by atoms with van der Waals surface area (Å²) in [4.78, 5) is 0. The average Bonchev–Trinajstić information content (AvgIpc) is 2.29. The SMILES string of the molecule is CCNCC(O)(c1ccc(C)c(C)c1)C(C)C. The first-order valence-corrected chi connectivity index (χ1v) is 6.42. The van der Waals surface area contributed by atoms with Gasteiger partial charge in [0, 0.05) is 6.54 Å². The van der Waals surface area contributed by atoms with Crippen LogP contribution in [0.1, 0.15) is 37.5 Å². The Morgan fingerprint density at radius 2 is 1.88 bits per heavy atom. The monoisotopic (exact) mass is 235 g/mol. The maximum absolute atomic E-state index is 10.8. The molecule has 0 fully saturated rings. The fourth-order valence-electron chi connectivity index (χ4n) is 1.97. The molecule has 0 aliphatic rings. The first-order chi connectivity index (χ1) is 7.91. The van der Waals surface area contributed by atoms with Crippen molar-refractivity contribution in [3.63, 3.8) is 0 Å². The minimum atomic E-state index is -0.783. The van der Waals surface area contributed by atoms with Crippen LogP contribution in [0.3, 0.4) is 0 Å². The molecule has 0 spiro atoms. The van der Waals surface area contributed by atoms with Gasteiger partial charge in [-0.25, -0.2) is 0 Å². The van der Waals surface area contributed by atoms with E-state index in [9.17, 15) is 5.11 Å². The highest BCUT2D eigenvalue weighted by Gasteiger charge is 2.32. The molecule has 0 saturated heterocycles. The van der Waals surface area contributed by atoms with Crippen LogP contribution in [-0.4, -0.2) is 18.2 Å². The zero-order chi connectivity index (χ0) is 13.1. The number of hydrogen-bond acceptors (Lipinski definition) is 2. The van der Waals surface area contributed by atoms with Crippen molar-refractivity contribution in [2.75, 3.05) is 13.1 Å². The van der Waals surface area contributed by atoms with E-state index in [1.165, 1.54) is 11.1 Å². The Labute approximate surface area is 105 Å². The predicted molar refractivity (Wildman–Crippen MR) is 73.2 cm³/mol. The number of hydrogen-bond donors (Lipinski definition) is 2. The summed E-state index contributed by atoms with van der Waals surface area (Å²) in [5.41, 5.74) is 2.73. The quantitative estimate of drug-likeness (QED) is 0.822. The van der Waals surface area contributed by atoms with Crippen LogP contribution in [0, 0.1) is 19.8 Å². The molecule has 1 aromatic carbocycles. The minimum Gasteiger partial charge on any atom is -0.384 e. The number of nitrogens with one attached hydrogen (secondary N) is 1. The molecule has 0 amide bonds. The average molecular weight is 235 g/mol. The number of likely N-dealkylation sites (N-methyl/N-ethyl adjacent to an activating group) is 1. The Hall–Kier alpha value is -0.860. The molecule has 1 aromatic rings. The highest BCUT2D eigenvalue weighted by Crippen LogP contribution is 2.30. The van der Waals surface area contributed by atoms with Crippen molar-refractivity contribution >= 4 is 0 Å². The summed E-state index contributed by atoms with van der Waals surface area (Å²) in [5, 5.41) is 14.1. The van der Waals surface area contributed by atoms with Crippen LogP contribution in [0.15, 0.2) is 18.2 Å². The van der Waals surface area contributed by atoms with Crippen LogP contribution in [-0.2, 0) is 5.60 Å². The highest BCUT2D eigenvalue weighted by atomic mass is 16.3. The molecule has 0 aliphatic carbocycles. The summed E-state index contributed by atoms with van der Waals surface area (Å²) < 4.78 is 0. The van der Waals surface area contributed by atoms with Gasteiger partial charge < -0.3 is 10.4 Å². The van der Waals surface area contributed by atoms with E-state index in [-0.39, 0.29) is 5.92 Å². The Bertz CT molecular complexity index is 373. The van der Waals surface area contributed by atoms with E-state index in [4.69, 9.17) is 0 Å². The van der Waals surface area contributed by atoms with Crippen molar-refractivity contribution in [1.82, 2.24) is 5.32 Å². The van der Waals surface area contributed by atoms with Crippen LogP contribution in [0.4, 0.5) is 0 Å². The molecule has 96 valence electrons. The Morgan fingerprint density at radius 3 is 2.35 bits per heavy atom. The third-order valence-electron chi connectivity index (χ3n) is 3.61. The molecule has 0 aromatic heterocycles. The molecule has 1 rings (SSSR count). The number of rotatable bonds is 5. The second-order valence-electron chi connectivity index (χ2n) is 5.16. The van der Waals surface area contributed by atoms with Crippen LogP contribution in [0.25, 0.3) is 0 Å². The van der Waals surface area contributed by atoms with Gasteiger partial charge in [0.05, 0.1) is 0 Å². The van der Waals surface area contributed by atoms with Crippen molar-refractivity contribution in [2.45, 2.75) is 40.2 Å². The van der Waals surface area contributed by atoms with Crippen molar-refractivity contribution < 1.29 is 5.11 Å². The van der Waals surface area contributed by atoms with Gasteiger partial charge in [-0.15, -0.1) is 0 Å². The molecule has 0 heterocycles. The molecule has 0 aliphatic heterocycles. The molecule has 17 heavy (non-hydrogen) atoms. The fourth-order valence-corrected chi connectivity index (χ4v) is 1.97. The summed E-state index contributed by atoms with van der Waals surface area (Å²) in [6.45, 7) is 11.8. The summed E-state index contributed by atoms with van der Waals surface area (Å²) in [6.07, 6.45) is 0. The first kappa shape index (κ1) is 14.2. The van der Waals surface area contributed by atoms with E-state index in [0.717, 1.165) is 12.1 Å². The van der Waals surface area contributed by atoms with Gasteiger partial charge in [0.2, 0.25) is 0 Å². The van der Waals surface area contributed by atoms with Gasteiger partial charge in [-0.2, -0.15) is 0 Å². The van der Waals surface area contributed by atoms with Gasteiger partial charge in [-0.1, -0.05) is 39.0 Å². The van der Waals surface area contributed by atoms with E-state index in [0.29, 0.717) is 6.54 Å². The molecule has 1 unspecified atom stereocenters. The van der Waals surface area contributed by atoms with Crippen LogP contribution < -0.4 is 5.32 Å². The molecular weight excluding hydrogens is 210 g/mol. The van der Waals surface area contributed by atoms with E-state index in [2.05, 4.69) is 52.1 Å². The van der Waals surface area contributed by atoms with Crippen LogP contribution >= 0.6 is 0 Å². The van der Waals surface area contributed by atoms with Gasteiger partial charge in [0.1, 0.15) is 5.60 Å². The summed E-state index contributed by atoms with van der Waals surface area (Å²) >= 11 is 0. The van der Waals surface area contributed by atoms with Gasteiger partial charge in [-0.3, -0.25) is 0 Å². The molecule has 1 atom stereocenters. The van der Waals surface area contributed by atoms with Gasteiger partial charge >= 0.3 is 0 Å². The third kappa shape index (κ3) is 3.08. The smallest absolute Gasteiger partial charge is 0.104 e. The standard InChI is InChI=1S/C15H25NO/c1-6-16-10-15(17,11(2)3)14-8-7-12(4)13(5)9-14/h7-9,11,16-17H,6,10H2,1-5H3. The van der Waals surface area contributed by atoms with Gasteiger partial charge in [-0.05, 0) is 43.0 Å². The molecule has 2 nitrogen and oxygen atoms in total. The zero-order valence-corrected chi connectivity index (χ0v) is 11.7. The van der Waals surface area contributed by atoms with Crippen molar-refractivity contribution in [2.24, 2.45) is 5.92 Å². The second-order valence-corrected chi connectivity index (χ2v) is 5.16. The summed E-state index contributed by atoms with van der Waals surface area (Å²) in [5.74, 6) is 0.184. The van der Waals surface area contributed by atoms with Gasteiger partial charge in [0.15, 0.2) is 0 Å². The first-order valence-electron chi connectivity index (χ1n) is 6.42. The van der Waals surface area contributed by atoms with Crippen molar-refractivity contribution in [3.8, 4) is 0 Å². The topological polar surface area (TPSA) is 32.3 Å². The molecule has 2 heteroatoms. The molecular formula is C15H25NO. The lowest BCUT2D eigenvalue weighted by Gasteiger charge is -2.33. The van der Waals surface area contributed by atoms with Crippen LogP contribution in [0.5, 0.6) is 0 Å². The predicted octanol–water partition coefficient (Wildman–Crippen LogP) is 2.76. The van der Waals surface area contributed by atoms with E-state index in [1.807, 2.05) is 6.07 Å².